The number of carbonyl (C=O) groups is 1. The van der Waals surface area contributed by atoms with Crippen LogP contribution in [0.15, 0.2) is 24.3 Å². The molecule has 1 saturated carbocycles. The number of carbonyl (C=O) groups excluding carboxylic acids is 1. The third-order valence-corrected chi connectivity index (χ3v) is 4.44. The molecule has 1 aliphatic rings. The molecule has 0 saturated heterocycles. The Morgan fingerprint density at radius 1 is 1.29 bits per heavy atom. The third kappa shape index (κ3) is 4.46. The summed E-state index contributed by atoms with van der Waals surface area (Å²) >= 11 is 0. The predicted octanol–water partition coefficient (Wildman–Crippen LogP) is 3.80. The molecule has 1 aliphatic carbocycles. The first kappa shape index (κ1) is 15.8. The van der Waals surface area contributed by atoms with Crippen LogP contribution in [0, 0.1) is 5.92 Å². The van der Waals surface area contributed by atoms with Crippen LogP contribution in [-0.4, -0.2) is 12.1 Å². The van der Waals surface area contributed by atoms with E-state index in [1.54, 1.807) is 0 Å². The van der Waals surface area contributed by atoms with Crippen molar-refractivity contribution in [2.45, 2.75) is 58.0 Å². The van der Waals surface area contributed by atoms with Crippen molar-refractivity contribution < 1.29 is 4.79 Å². The van der Waals surface area contributed by atoms with E-state index in [1.807, 2.05) is 31.2 Å². The molecule has 3 unspecified atom stereocenters. The Labute approximate surface area is 127 Å². The van der Waals surface area contributed by atoms with E-state index in [4.69, 9.17) is 5.73 Å². The van der Waals surface area contributed by atoms with Crippen LogP contribution in [0.4, 0.5) is 10.5 Å². The van der Waals surface area contributed by atoms with E-state index in [0.717, 1.165) is 24.1 Å². The molecule has 1 aromatic carbocycles. The van der Waals surface area contributed by atoms with Crippen LogP contribution in [0.3, 0.4) is 0 Å². The fourth-order valence-electron chi connectivity index (χ4n) is 3.09. The molecule has 4 N–H and O–H groups in total. The molecular formula is C17H27N3O. The molecule has 0 bridgehead atoms. The van der Waals surface area contributed by atoms with E-state index >= 15 is 0 Å². The maximum atomic E-state index is 12.1. The van der Waals surface area contributed by atoms with Gasteiger partial charge in [-0.1, -0.05) is 38.3 Å². The molecule has 3 atom stereocenters. The molecule has 0 radical (unpaired) electrons. The van der Waals surface area contributed by atoms with Gasteiger partial charge < -0.3 is 16.4 Å². The Kier molecular flexibility index (Phi) is 5.62. The van der Waals surface area contributed by atoms with Gasteiger partial charge in [0.2, 0.25) is 0 Å². The minimum atomic E-state index is -0.103. The first-order valence-corrected chi connectivity index (χ1v) is 8.03. The number of rotatable bonds is 4. The minimum Gasteiger partial charge on any atom is -0.335 e. The van der Waals surface area contributed by atoms with Crippen LogP contribution in [-0.2, 0) is 0 Å². The number of benzene rings is 1. The highest BCUT2D eigenvalue weighted by atomic mass is 16.2. The summed E-state index contributed by atoms with van der Waals surface area (Å²) in [4.78, 5) is 12.1. The summed E-state index contributed by atoms with van der Waals surface area (Å²) in [5, 5.41) is 6.04. The maximum absolute atomic E-state index is 12.1. The highest BCUT2D eigenvalue weighted by Crippen LogP contribution is 2.26. The van der Waals surface area contributed by atoms with Gasteiger partial charge in [-0.15, -0.1) is 0 Å². The molecule has 2 amide bonds. The van der Waals surface area contributed by atoms with E-state index < -0.39 is 0 Å². The van der Waals surface area contributed by atoms with Crippen LogP contribution < -0.4 is 16.4 Å². The van der Waals surface area contributed by atoms with Crippen LogP contribution >= 0.6 is 0 Å². The normalized spacial score (nSPS) is 23.4. The summed E-state index contributed by atoms with van der Waals surface area (Å²) in [6.07, 6.45) is 5.95. The molecule has 21 heavy (non-hydrogen) atoms. The fourth-order valence-corrected chi connectivity index (χ4v) is 3.09. The summed E-state index contributed by atoms with van der Waals surface area (Å²) in [5.41, 5.74) is 7.69. The number of amides is 2. The van der Waals surface area contributed by atoms with Gasteiger partial charge in [-0.25, -0.2) is 4.79 Å². The Hall–Kier alpha value is -1.55. The zero-order chi connectivity index (χ0) is 15.2. The summed E-state index contributed by atoms with van der Waals surface area (Å²) < 4.78 is 0. The second-order valence-electron chi connectivity index (χ2n) is 6.07. The van der Waals surface area contributed by atoms with Crippen molar-refractivity contribution in [1.29, 1.82) is 0 Å². The van der Waals surface area contributed by atoms with E-state index in [-0.39, 0.29) is 12.1 Å². The monoisotopic (exact) mass is 289 g/mol. The quantitative estimate of drug-likeness (QED) is 0.789. The number of anilines is 1. The highest BCUT2D eigenvalue weighted by Gasteiger charge is 2.24. The molecule has 0 heterocycles. The van der Waals surface area contributed by atoms with Gasteiger partial charge in [0, 0.05) is 17.8 Å². The zero-order valence-electron chi connectivity index (χ0n) is 13.1. The molecule has 0 spiro atoms. The van der Waals surface area contributed by atoms with E-state index in [9.17, 15) is 4.79 Å². The lowest BCUT2D eigenvalue weighted by atomic mass is 9.83. The average Bonchev–Trinajstić information content (AvgIpc) is 2.48. The summed E-state index contributed by atoms with van der Waals surface area (Å²) in [6.45, 7) is 4.15. The standard InChI is InChI=1S/C17H27N3O/c1-3-13-6-4-5-7-16(13)20-17(21)19-15-10-8-14(9-11-15)12(2)18/h8-13,16H,3-7,18H2,1-2H3,(H2,19,20,21). The fraction of sp³-hybridized carbons (Fsp3) is 0.588. The molecule has 1 fully saturated rings. The predicted molar refractivity (Wildman–Crippen MR) is 87.2 cm³/mol. The molecule has 0 aromatic heterocycles. The van der Waals surface area contributed by atoms with Crippen molar-refractivity contribution in [1.82, 2.24) is 5.32 Å². The number of nitrogens with two attached hydrogens (primary N) is 1. The van der Waals surface area contributed by atoms with Gasteiger partial charge in [0.15, 0.2) is 0 Å². The van der Waals surface area contributed by atoms with Crippen LogP contribution in [0.25, 0.3) is 0 Å². The number of hydrogen-bond acceptors (Lipinski definition) is 2. The van der Waals surface area contributed by atoms with E-state index in [1.165, 1.54) is 19.3 Å². The van der Waals surface area contributed by atoms with Crippen LogP contribution in [0.5, 0.6) is 0 Å². The number of nitrogens with one attached hydrogen (secondary N) is 2. The Bertz CT molecular complexity index is 456. The van der Waals surface area contributed by atoms with Crippen molar-refractivity contribution in [2.24, 2.45) is 11.7 Å². The second-order valence-corrected chi connectivity index (χ2v) is 6.07. The Balaban J connectivity index is 1.88. The van der Waals surface area contributed by atoms with Crippen molar-refractivity contribution >= 4 is 11.7 Å². The largest absolute Gasteiger partial charge is 0.335 e. The van der Waals surface area contributed by atoms with Gasteiger partial charge in [0.1, 0.15) is 0 Å². The van der Waals surface area contributed by atoms with Gasteiger partial charge in [0.25, 0.3) is 0 Å². The Morgan fingerprint density at radius 3 is 2.57 bits per heavy atom. The van der Waals surface area contributed by atoms with Crippen molar-refractivity contribution in [2.75, 3.05) is 5.32 Å². The summed E-state index contributed by atoms with van der Waals surface area (Å²) in [7, 11) is 0. The van der Waals surface area contributed by atoms with Gasteiger partial charge in [-0.05, 0) is 43.4 Å². The van der Waals surface area contributed by atoms with E-state index in [0.29, 0.717) is 12.0 Å². The lowest BCUT2D eigenvalue weighted by Gasteiger charge is -2.31. The first-order valence-electron chi connectivity index (χ1n) is 8.03. The maximum Gasteiger partial charge on any atom is 0.319 e. The van der Waals surface area contributed by atoms with Gasteiger partial charge in [-0.2, -0.15) is 0 Å². The van der Waals surface area contributed by atoms with Crippen LogP contribution in [0.1, 0.15) is 57.6 Å². The SMILES string of the molecule is CCC1CCCCC1NC(=O)Nc1ccc(C(C)N)cc1. The van der Waals surface area contributed by atoms with E-state index in [2.05, 4.69) is 17.6 Å². The van der Waals surface area contributed by atoms with Gasteiger partial charge in [0.05, 0.1) is 0 Å². The molecule has 4 nitrogen and oxygen atoms in total. The zero-order valence-corrected chi connectivity index (χ0v) is 13.1. The minimum absolute atomic E-state index is 0.0143. The lowest BCUT2D eigenvalue weighted by molar-refractivity contribution is 0.226. The molecule has 2 rings (SSSR count). The molecule has 0 aliphatic heterocycles. The molecular weight excluding hydrogens is 262 g/mol. The highest BCUT2D eigenvalue weighted by molar-refractivity contribution is 5.89. The Morgan fingerprint density at radius 2 is 1.95 bits per heavy atom. The topological polar surface area (TPSA) is 67.2 Å². The second kappa shape index (κ2) is 7.46. The van der Waals surface area contributed by atoms with Gasteiger partial charge in [-0.3, -0.25) is 0 Å². The molecule has 4 heteroatoms. The molecule has 1 aromatic rings. The smallest absolute Gasteiger partial charge is 0.319 e. The van der Waals surface area contributed by atoms with Gasteiger partial charge >= 0.3 is 6.03 Å². The molecule has 116 valence electrons. The van der Waals surface area contributed by atoms with Crippen LogP contribution in [0.2, 0.25) is 0 Å². The summed E-state index contributed by atoms with van der Waals surface area (Å²) in [5.74, 6) is 0.616. The van der Waals surface area contributed by atoms with Crippen molar-refractivity contribution in [3.63, 3.8) is 0 Å². The lowest BCUT2D eigenvalue weighted by Crippen LogP contribution is -2.43. The van der Waals surface area contributed by atoms with Crippen molar-refractivity contribution in [3.8, 4) is 0 Å². The summed E-state index contributed by atoms with van der Waals surface area (Å²) in [6, 6.07) is 7.93. The number of urea groups is 1. The number of hydrogen-bond donors (Lipinski definition) is 3. The first-order chi connectivity index (χ1) is 10.1. The third-order valence-electron chi connectivity index (χ3n) is 4.44. The average molecular weight is 289 g/mol. The van der Waals surface area contributed by atoms with Crippen molar-refractivity contribution in [3.05, 3.63) is 29.8 Å².